The number of nitrogens with zero attached hydrogens (tertiary/aromatic N) is 1. The van der Waals surface area contributed by atoms with Crippen LogP contribution in [-0.4, -0.2) is 28.4 Å². The zero-order valence-corrected chi connectivity index (χ0v) is 13.0. The Balaban J connectivity index is 1.93. The van der Waals surface area contributed by atoms with Crippen molar-refractivity contribution in [2.75, 3.05) is 6.54 Å². The highest BCUT2D eigenvalue weighted by Crippen LogP contribution is 2.11. The molecule has 0 saturated carbocycles. The maximum Gasteiger partial charge on any atom is 0.303 e. The van der Waals surface area contributed by atoms with Gasteiger partial charge in [0.05, 0.1) is 12.5 Å². The highest BCUT2D eigenvalue weighted by Gasteiger charge is 2.14. The molecule has 1 aromatic carbocycles. The molecular formula is C18H21NO4. The van der Waals surface area contributed by atoms with E-state index in [9.17, 15) is 9.59 Å². The molecule has 2 rings (SSSR count). The first-order valence-electron chi connectivity index (χ1n) is 7.69. The Morgan fingerprint density at radius 1 is 1.04 bits per heavy atom. The van der Waals surface area contributed by atoms with Crippen LogP contribution >= 0.6 is 0 Å². The van der Waals surface area contributed by atoms with Gasteiger partial charge in [0, 0.05) is 25.9 Å². The summed E-state index contributed by atoms with van der Waals surface area (Å²) < 4.78 is 5.00. The molecule has 5 heteroatoms. The second kappa shape index (κ2) is 8.78. The zero-order chi connectivity index (χ0) is 16.5. The largest absolute Gasteiger partial charge is 0.481 e. The number of hydrogen-bond acceptors (Lipinski definition) is 3. The number of carboxylic acids is 1. The van der Waals surface area contributed by atoms with E-state index in [4.69, 9.17) is 9.52 Å². The van der Waals surface area contributed by atoms with Crippen LogP contribution in [0.25, 0.3) is 0 Å². The van der Waals surface area contributed by atoms with Gasteiger partial charge >= 0.3 is 5.97 Å². The Morgan fingerprint density at radius 3 is 2.48 bits per heavy atom. The topological polar surface area (TPSA) is 70.8 Å². The number of carbonyl (C=O) groups is 2. The molecule has 1 N–H and O–H groups in total. The molecule has 0 aliphatic carbocycles. The lowest BCUT2D eigenvalue weighted by atomic mass is 10.1. The van der Waals surface area contributed by atoms with Gasteiger partial charge in [0.1, 0.15) is 0 Å². The molecule has 23 heavy (non-hydrogen) atoms. The maximum absolute atomic E-state index is 12.5. The number of carboxylic acid groups (broad SMARTS) is 1. The Labute approximate surface area is 135 Å². The summed E-state index contributed by atoms with van der Waals surface area (Å²) in [5.41, 5.74) is 2.03. The molecule has 0 atom stereocenters. The summed E-state index contributed by atoms with van der Waals surface area (Å²) in [5, 5.41) is 8.77. The fraction of sp³-hybridized carbons (Fsp3) is 0.333. The molecule has 0 spiro atoms. The van der Waals surface area contributed by atoms with Gasteiger partial charge in [0.15, 0.2) is 0 Å². The number of aryl methyl sites for hydroxylation is 1. The van der Waals surface area contributed by atoms with Gasteiger partial charge in [-0.05, 0) is 30.0 Å². The molecule has 0 saturated heterocycles. The van der Waals surface area contributed by atoms with Crippen molar-refractivity contribution in [3.8, 4) is 0 Å². The van der Waals surface area contributed by atoms with Crippen molar-refractivity contribution in [3.63, 3.8) is 0 Å². The van der Waals surface area contributed by atoms with Crippen LogP contribution in [0.15, 0.2) is 53.3 Å². The lowest BCUT2D eigenvalue weighted by molar-refractivity contribution is -0.138. The third-order valence-corrected chi connectivity index (χ3v) is 3.60. The van der Waals surface area contributed by atoms with Crippen LogP contribution in [0.3, 0.4) is 0 Å². The van der Waals surface area contributed by atoms with E-state index in [-0.39, 0.29) is 12.3 Å². The smallest absolute Gasteiger partial charge is 0.303 e. The average molecular weight is 315 g/mol. The monoisotopic (exact) mass is 315 g/mol. The second-order valence-electron chi connectivity index (χ2n) is 5.43. The first-order chi connectivity index (χ1) is 11.1. The normalized spacial score (nSPS) is 10.4. The lowest BCUT2D eigenvalue weighted by Crippen LogP contribution is -2.32. The highest BCUT2D eigenvalue weighted by atomic mass is 16.4. The Bertz CT molecular complexity index is 607. The van der Waals surface area contributed by atoms with Crippen molar-refractivity contribution in [2.24, 2.45) is 0 Å². The first-order valence-corrected chi connectivity index (χ1v) is 7.69. The van der Waals surface area contributed by atoms with E-state index in [0.717, 1.165) is 11.1 Å². The van der Waals surface area contributed by atoms with Gasteiger partial charge in [0.25, 0.3) is 0 Å². The predicted molar refractivity (Wildman–Crippen MR) is 85.8 cm³/mol. The summed E-state index contributed by atoms with van der Waals surface area (Å²) in [6.45, 7) is 0.954. The first kappa shape index (κ1) is 16.8. The van der Waals surface area contributed by atoms with Crippen LogP contribution in [0.2, 0.25) is 0 Å². The van der Waals surface area contributed by atoms with Gasteiger partial charge in [-0.2, -0.15) is 0 Å². The minimum absolute atomic E-state index is 0.0282. The van der Waals surface area contributed by atoms with Gasteiger partial charge < -0.3 is 14.4 Å². The minimum atomic E-state index is -0.837. The van der Waals surface area contributed by atoms with Crippen LogP contribution in [-0.2, 0) is 22.6 Å². The molecule has 0 aliphatic rings. The number of amides is 1. The van der Waals surface area contributed by atoms with E-state index in [1.807, 2.05) is 36.4 Å². The molecule has 0 unspecified atom stereocenters. The van der Waals surface area contributed by atoms with Crippen LogP contribution in [0.4, 0.5) is 0 Å². The molecule has 0 aliphatic heterocycles. The molecule has 5 nitrogen and oxygen atoms in total. The van der Waals surface area contributed by atoms with E-state index < -0.39 is 5.97 Å². The van der Waals surface area contributed by atoms with Crippen LogP contribution < -0.4 is 0 Å². The quantitative estimate of drug-likeness (QED) is 0.772. The second-order valence-corrected chi connectivity index (χ2v) is 5.43. The molecule has 1 aromatic heterocycles. The van der Waals surface area contributed by atoms with Crippen molar-refractivity contribution in [1.82, 2.24) is 4.90 Å². The highest BCUT2D eigenvalue weighted by molar-refractivity contribution is 5.76. The number of carbonyl (C=O) groups excluding carboxylic acids is 1. The number of hydrogen-bond donors (Lipinski definition) is 1. The maximum atomic E-state index is 12.5. The Hall–Kier alpha value is -2.56. The standard InChI is InChI=1S/C18H21NO4/c20-17(9-8-16-10-12-23-14-16)19(11-4-7-18(21)22)13-15-5-2-1-3-6-15/h1-3,5-6,10,12,14H,4,7-9,11,13H2,(H,21,22). The summed E-state index contributed by atoms with van der Waals surface area (Å²) >= 11 is 0. The van der Waals surface area contributed by atoms with E-state index in [1.54, 1.807) is 17.4 Å². The molecule has 1 amide bonds. The van der Waals surface area contributed by atoms with Crippen molar-refractivity contribution in [3.05, 3.63) is 60.1 Å². The van der Waals surface area contributed by atoms with Crippen molar-refractivity contribution in [1.29, 1.82) is 0 Å². The average Bonchev–Trinajstić information content (AvgIpc) is 3.06. The van der Waals surface area contributed by atoms with Crippen molar-refractivity contribution in [2.45, 2.75) is 32.2 Å². The van der Waals surface area contributed by atoms with Crippen LogP contribution in [0.5, 0.6) is 0 Å². The molecule has 0 fully saturated rings. The van der Waals surface area contributed by atoms with E-state index in [0.29, 0.717) is 32.4 Å². The van der Waals surface area contributed by atoms with Crippen molar-refractivity contribution < 1.29 is 19.1 Å². The zero-order valence-electron chi connectivity index (χ0n) is 13.0. The summed E-state index contributed by atoms with van der Waals surface area (Å²) in [5.74, 6) is -0.809. The van der Waals surface area contributed by atoms with E-state index >= 15 is 0 Å². The third kappa shape index (κ3) is 5.98. The fourth-order valence-corrected chi connectivity index (χ4v) is 2.36. The fourth-order valence-electron chi connectivity index (χ4n) is 2.36. The predicted octanol–water partition coefficient (Wildman–Crippen LogP) is 3.11. The molecule has 2 aromatic rings. The van der Waals surface area contributed by atoms with Gasteiger partial charge in [-0.15, -0.1) is 0 Å². The van der Waals surface area contributed by atoms with Crippen molar-refractivity contribution >= 4 is 11.9 Å². The third-order valence-electron chi connectivity index (χ3n) is 3.60. The molecule has 0 bridgehead atoms. The van der Waals surface area contributed by atoms with Gasteiger partial charge in [-0.1, -0.05) is 30.3 Å². The lowest BCUT2D eigenvalue weighted by Gasteiger charge is -2.22. The number of furan rings is 1. The summed E-state index contributed by atoms with van der Waals surface area (Å²) in [7, 11) is 0. The molecule has 0 radical (unpaired) electrons. The van der Waals surface area contributed by atoms with E-state index in [2.05, 4.69) is 0 Å². The number of aliphatic carboxylic acids is 1. The van der Waals surface area contributed by atoms with Crippen LogP contribution in [0, 0.1) is 0 Å². The van der Waals surface area contributed by atoms with Crippen LogP contribution in [0.1, 0.15) is 30.4 Å². The molecule has 122 valence electrons. The number of rotatable bonds is 9. The Morgan fingerprint density at radius 2 is 1.83 bits per heavy atom. The molecule has 1 heterocycles. The Kier molecular flexibility index (Phi) is 6.41. The summed E-state index contributed by atoms with van der Waals surface area (Å²) in [6, 6.07) is 11.6. The molecular weight excluding hydrogens is 294 g/mol. The van der Waals surface area contributed by atoms with Gasteiger partial charge in [-0.25, -0.2) is 0 Å². The summed E-state index contributed by atoms with van der Waals surface area (Å²) in [6.07, 6.45) is 4.77. The van der Waals surface area contributed by atoms with E-state index in [1.165, 1.54) is 0 Å². The SMILES string of the molecule is O=C(O)CCCN(Cc1ccccc1)C(=O)CCc1ccoc1. The number of benzene rings is 1. The van der Waals surface area contributed by atoms with Gasteiger partial charge in [-0.3, -0.25) is 9.59 Å². The van der Waals surface area contributed by atoms with Gasteiger partial charge in [0.2, 0.25) is 5.91 Å². The summed E-state index contributed by atoms with van der Waals surface area (Å²) in [4.78, 5) is 24.9. The minimum Gasteiger partial charge on any atom is -0.481 e.